The van der Waals surface area contributed by atoms with Crippen LogP contribution in [0.4, 0.5) is 11.4 Å². The van der Waals surface area contributed by atoms with E-state index in [-0.39, 0.29) is 18.2 Å². The van der Waals surface area contributed by atoms with E-state index in [2.05, 4.69) is 15.6 Å². The number of rotatable bonds is 6. The molecule has 2 N–H and O–H groups in total. The van der Waals surface area contributed by atoms with Crippen LogP contribution in [0.1, 0.15) is 19.2 Å². The Morgan fingerprint density at radius 3 is 2.50 bits per heavy atom. The zero-order valence-corrected chi connectivity index (χ0v) is 16.5. The first-order chi connectivity index (χ1) is 13.4. The van der Waals surface area contributed by atoms with E-state index in [1.54, 1.807) is 36.5 Å². The Morgan fingerprint density at radius 1 is 1.07 bits per heavy atom. The number of aromatic nitrogens is 1. The van der Waals surface area contributed by atoms with E-state index in [0.717, 1.165) is 5.56 Å². The van der Waals surface area contributed by atoms with Crippen molar-refractivity contribution in [2.45, 2.75) is 19.8 Å². The van der Waals surface area contributed by atoms with Crippen molar-refractivity contribution in [1.82, 2.24) is 4.98 Å². The molecule has 0 fully saturated rings. The second-order valence-corrected chi connectivity index (χ2v) is 6.89. The molecule has 0 saturated heterocycles. The predicted octanol–water partition coefficient (Wildman–Crippen LogP) is 5.18. The van der Waals surface area contributed by atoms with Crippen LogP contribution in [0.5, 0.6) is 0 Å². The Morgan fingerprint density at radius 2 is 1.82 bits per heavy atom. The number of amides is 2. The van der Waals surface area contributed by atoms with Crippen LogP contribution < -0.4 is 10.6 Å². The molecule has 144 valence electrons. The number of nitrogens with zero attached hydrogens (tertiary/aromatic N) is 1. The zero-order chi connectivity index (χ0) is 20.1. The molecule has 1 aromatic heterocycles. The minimum Gasteiger partial charge on any atom is -0.441 e. The summed E-state index contributed by atoms with van der Waals surface area (Å²) in [5, 5.41) is 6.35. The van der Waals surface area contributed by atoms with Gasteiger partial charge in [-0.1, -0.05) is 23.2 Å². The van der Waals surface area contributed by atoms with E-state index in [1.807, 2.05) is 12.1 Å². The smallest absolute Gasteiger partial charge is 0.224 e. The number of aryl methyl sites for hydroxylation is 1. The first-order valence-electron chi connectivity index (χ1n) is 8.48. The number of benzene rings is 2. The summed E-state index contributed by atoms with van der Waals surface area (Å²) in [6.45, 7) is 1.40. The lowest BCUT2D eigenvalue weighted by molar-refractivity contribution is -0.116. The van der Waals surface area contributed by atoms with Crippen LogP contribution in [0.2, 0.25) is 10.0 Å². The van der Waals surface area contributed by atoms with Crippen molar-refractivity contribution in [3.05, 3.63) is 64.6 Å². The number of nitrogens with one attached hydrogen (secondary N) is 2. The SMILES string of the molecule is CC(=O)Nc1ccc(NC(=O)CCc2ncc(-c3ccc(Cl)cc3)o2)cc1Cl. The second-order valence-electron chi connectivity index (χ2n) is 6.05. The first kappa shape index (κ1) is 19.9. The topological polar surface area (TPSA) is 84.2 Å². The highest BCUT2D eigenvalue weighted by molar-refractivity contribution is 6.34. The quantitative estimate of drug-likeness (QED) is 0.578. The third-order valence-electron chi connectivity index (χ3n) is 3.81. The van der Waals surface area contributed by atoms with E-state index >= 15 is 0 Å². The number of halogens is 2. The fraction of sp³-hybridized carbons (Fsp3) is 0.150. The number of anilines is 2. The van der Waals surface area contributed by atoms with Gasteiger partial charge in [0.25, 0.3) is 0 Å². The van der Waals surface area contributed by atoms with Gasteiger partial charge in [-0.25, -0.2) is 4.98 Å². The molecule has 2 aromatic carbocycles. The van der Waals surface area contributed by atoms with Crippen LogP contribution in [0.15, 0.2) is 53.1 Å². The minimum absolute atomic E-state index is 0.199. The Labute approximate surface area is 171 Å². The van der Waals surface area contributed by atoms with E-state index in [9.17, 15) is 9.59 Å². The van der Waals surface area contributed by atoms with Crippen molar-refractivity contribution in [3.63, 3.8) is 0 Å². The van der Waals surface area contributed by atoms with Crippen LogP contribution in [-0.4, -0.2) is 16.8 Å². The maximum Gasteiger partial charge on any atom is 0.224 e. The number of carbonyl (C=O) groups is 2. The van der Waals surface area contributed by atoms with Gasteiger partial charge in [0, 0.05) is 36.0 Å². The van der Waals surface area contributed by atoms with Gasteiger partial charge in [0.15, 0.2) is 11.7 Å². The molecule has 0 bridgehead atoms. The van der Waals surface area contributed by atoms with Crippen LogP contribution in [0, 0.1) is 0 Å². The summed E-state index contributed by atoms with van der Waals surface area (Å²) in [6.07, 6.45) is 2.18. The predicted molar refractivity (Wildman–Crippen MR) is 110 cm³/mol. The van der Waals surface area contributed by atoms with E-state index in [1.165, 1.54) is 6.92 Å². The number of carbonyl (C=O) groups excluding carboxylic acids is 2. The Kier molecular flexibility index (Phi) is 6.34. The highest BCUT2D eigenvalue weighted by atomic mass is 35.5. The summed E-state index contributed by atoms with van der Waals surface area (Å²) >= 11 is 12.0. The van der Waals surface area contributed by atoms with Crippen LogP contribution in [0.3, 0.4) is 0 Å². The molecular formula is C20H17Cl2N3O3. The molecule has 0 saturated carbocycles. The fourth-order valence-electron chi connectivity index (χ4n) is 2.50. The third kappa shape index (κ3) is 5.34. The molecule has 8 heteroatoms. The van der Waals surface area contributed by atoms with E-state index < -0.39 is 0 Å². The summed E-state index contributed by atoms with van der Waals surface area (Å²) in [6, 6.07) is 12.1. The van der Waals surface area contributed by atoms with Gasteiger partial charge in [0.05, 0.1) is 16.9 Å². The van der Waals surface area contributed by atoms with Crippen molar-refractivity contribution in [2.75, 3.05) is 10.6 Å². The second kappa shape index (κ2) is 8.91. The van der Waals surface area contributed by atoms with Gasteiger partial charge in [-0.15, -0.1) is 0 Å². The molecule has 0 radical (unpaired) electrons. The van der Waals surface area contributed by atoms with Crippen molar-refractivity contribution < 1.29 is 14.0 Å². The standard InChI is InChI=1S/C20H17Cl2N3O3/c1-12(26)24-17-7-6-15(10-16(17)22)25-19(27)8-9-20-23-11-18(28-20)13-2-4-14(21)5-3-13/h2-7,10-11H,8-9H2,1H3,(H,24,26)(H,25,27). The Balaban J connectivity index is 1.55. The Bertz CT molecular complexity index is 1000. The zero-order valence-electron chi connectivity index (χ0n) is 15.0. The molecule has 1 heterocycles. The molecule has 3 aromatic rings. The maximum absolute atomic E-state index is 12.2. The lowest BCUT2D eigenvalue weighted by atomic mass is 10.2. The highest BCUT2D eigenvalue weighted by Gasteiger charge is 2.10. The summed E-state index contributed by atoms with van der Waals surface area (Å²) in [5.41, 5.74) is 1.89. The number of oxazole rings is 1. The first-order valence-corrected chi connectivity index (χ1v) is 9.24. The summed E-state index contributed by atoms with van der Waals surface area (Å²) in [7, 11) is 0. The van der Waals surface area contributed by atoms with E-state index in [4.69, 9.17) is 27.6 Å². The molecular weight excluding hydrogens is 401 g/mol. The lowest BCUT2D eigenvalue weighted by Gasteiger charge is -2.08. The molecule has 0 aliphatic rings. The lowest BCUT2D eigenvalue weighted by Crippen LogP contribution is -2.13. The average molecular weight is 418 g/mol. The molecule has 0 spiro atoms. The van der Waals surface area contributed by atoms with Gasteiger partial charge < -0.3 is 15.1 Å². The molecule has 28 heavy (non-hydrogen) atoms. The van der Waals surface area contributed by atoms with Crippen molar-refractivity contribution >= 4 is 46.4 Å². The van der Waals surface area contributed by atoms with Gasteiger partial charge in [-0.05, 0) is 42.5 Å². The molecule has 0 aliphatic carbocycles. The van der Waals surface area contributed by atoms with Gasteiger partial charge >= 0.3 is 0 Å². The van der Waals surface area contributed by atoms with Crippen molar-refractivity contribution in [1.29, 1.82) is 0 Å². The molecule has 0 unspecified atom stereocenters. The number of hydrogen-bond donors (Lipinski definition) is 2. The van der Waals surface area contributed by atoms with Crippen LogP contribution in [0.25, 0.3) is 11.3 Å². The van der Waals surface area contributed by atoms with Crippen molar-refractivity contribution in [3.8, 4) is 11.3 Å². The minimum atomic E-state index is -0.220. The summed E-state index contributed by atoms with van der Waals surface area (Å²) < 4.78 is 5.69. The maximum atomic E-state index is 12.2. The van der Waals surface area contributed by atoms with Crippen LogP contribution >= 0.6 is 23.2 Å². The van der Waals surface area contributed by atoms with Gasteiger partial charge in [-0.2, -0.15) is 0 Å². The fourth-order valence-corrected chi connectivity index (χ4v) is 2.86. The summed E-state index contributed by atoms with van der Waals surface area (Å²) in [5.74, 6) is 0.670. The molecule has 0 aliphatic heterocycles. The molecule has 2 amide bonds. The third-order valence-corrected chi connectivity index (χ3v) is 4.38. The van der Waals surface area contributed by atoms with Crippen molar-refractivity contribution in [2.24, 2.45) is 0 Å². The largest absolute Gasteiger partial charge is 0.441 e. The average Bonchev–Trinajstić information content (AvgIpc) is 3.12. The molecule has 6 nitrogen and oxygen atoms in total. The van der Waals surface area contributed by atoms with Gasteiger partial charge in [-0.3, -0.25) is 9.59 Å². The monoisotopic (exact) mass is 417 g/mol. The highest BCUT2D eigenvalue weighted by Crippen LogP contribution is 2.26. The molecule has 3 rings (SSSR count). The Hall–Kier alpha value is -2.83. The normalized spacial score (nSPS) is 10.5. The number of hydrogen-bond acceptors (Lipinski definition) is 4. The summed E-state index contributed by atoms with van der Waals surface area (Å²) in [4.78, 5) is 27.5. The van der Waals surface area contributed by atoms with E-state index in [0.29, 0.717) is 39.5 Å². The van der Waals surface area contributed by atoms with Gasteiger partial charge in [0.2, 0.25) is 11.8 Å². The van der Waals surface area contributed by atoms with Crippen LogP contribution in [-0.2, 0) is 16.0 Å². The van der Waals surface area contributed by atoms with Gasteiger partial charge in [0.1, 0.15) is 0 Å². The molecule has 0 atom stereocenters.